The normalized spacial score (nSPS) is 16.2. The van der Waals surface area contributed by atoms with Gasteiger partial charge < -0.3 is 5.32 Å². The number of nitrogens with one attached hydrogen (secondary N) is 1. The Hall–Kier alpha value is -1.72. The molecule has 0 spiro atoms. The van der Waals surface area contributed by atoms with Gasteiger partial charge in [0.1, 0.15) is 11.5 Å². The van der Waals surface area contributed by atoms with Crippen molar-refractivity contribution in [1.29, 1.82) is 0 Å². The van der Waals surface area contributed by atoms with Crippen molar-refractivity contribution < 1.29 is 13.7 Å². The van der Waals surface area contributed by atoms with Gasteiger partial charge in [-0.15, -0.1) is 0 Å². The van der Waals surface area contributed by atoms with Gasteiger partial charge in [0.25, 0.3) is 0 Å². The summed E-state index contributed by atoms with van der Waals surface area (Å²) < 4.78 is 26.6. The number of hydrogen-bond acceptors (Lipinski definition) is 3. The van der Waals surface area contributed by atoms with Crippen molar-refractivity contribution in [3.05, 3.63) is 33.9 Å². The Morgan fingerprint density at radius 2 is 2.11 bits per heavy atom. The second-order valence-corrected chi connectivity index (χ2v) is 5.14. The molecule has 1 aliphatic carbocycles. The van der Waals surface area contributed by atoms with Crippen LogP contribution >= 0.6 is 0 Å². The van der Waals surface area contributed by atoms with Crippen LogP contribution in [0.1, 0.15) is 32.6 Å². The van der Waals surface area contributed by atoms with Gasteiger partial charge in [-0.25, -0.2) is 4.39 Å². The number of rotatable bonds is 6. The van der Waals surface area contributed by atoms with E-state index in [1.54, 1.807) is 0 Å². The molecule has 0 heterocycles. The molecule has 0 aliphatic heterocycles. The van der Waals surface area contributed by atoms with Gasteiger partial charge in [-0.1, -0.05) is 13.3 Å². The Morgan fingerprint density at radius 1 is 1.42 bits per heavy atom. The van der Waals surface area contributed by atoms with Crippen molar-refractivity contribution in [3.8, 4) is 0 Å². The first-order valence-electron chi connectivity index (χ1n) is 6.35. The molecule has 0 atom stereocenters. The fraction of sp³-hybridized carbons (Fsp3) is 0.538. The molecular weight excluding hydrogens is 254 g/mol. The molecule has 1 aromatic rings. The maximum Gasteiger partial charge on any atom is 0.327 e. The van der Waals surface area contributed by atoms with E-state index in [0.29, 0.717) is 12.6 Å². The highest BCUT2D eigenvalue weighted by atomic mass is 19.1. The molecule has 0 aromatic heterocycles. The lowest BCUT2D eigenvalue weighted by Gasteiger charge is -2.16. The molecule has 0 amide bonds. The second kappa shape index (κ2) is 5.11. The summed E-state index contributed by atoms with van der Waals surface area (Å²) in [6.45, 7) is 2.59. The monoisotopic (exact) mass is 270 g/mol. The van der Waals surface area contributed by atoms with Gasteiger partial charge in [0, 0.05) is 18.7 Å². The van der Waals surface area contributed by atoms with Crippen molar-refractivity contribution in [3.63, 3.8) is 0 Å². The number of halogens is 2. The first-order chi connectivity index (χ1) is 8.97. The molecule has 1 aliphatic rings. The van der Waals surface area contributed by atoms with Crippen molar-refractivity contribution in [2.24, 2.45) is 5.41 Å². The number of anilines is 1. The van der Waals surface area contributed by atoms with E-state index in [2.05, 4.69) is 12.2 Å². The van der Waals surface area contributed by atoms with E-state index < -0.39 is 22.2 Å². The highest BCUT2D eigenvalue weighted by Crippen LogP contribution is 2.49. The van der Waals surface area contributed by atoms with Crippen LogP contribution in [0.25, 0.3) is 0 Å². The summed E-state index contributed by atoms with van der Waals surface area (Å²) in [5.41, 5.74) is -0.621. The van der Waals surface area contributed by atoms with Crippen molar-refractivity contribution in [2.45, 2.75) is 32.6 Å². The number of nitro benzene ring substituents is 1. The molecule has 6 heteroatoms. The SMILES string of the molecule is CCCC1(CNc2cc(F)cc(F)c2[N+](=O)[O-])CC1. The molecule has 4 nitrogen and oxygen atoms in total. The molecule has 1 fully saturated rings. The van der Waals surface area contributed by atoms with Gasteiger partial charge in [-0.05, 0) is 24.7 Å². The predicted octanol–water partition coefficient (Wildman–Crippen LogP) is 3.87. The molecule has 1 saturated carbocycles. The van der Waals surface area contributed by atoms with Crippen molar-refractivity contribution >= 4 is 11.4 Å². The highest BCUT2D eigenvalue weighted by Gasteiger charge is 2.41. The highest BCUT2D eigenvalue weighted by molar-refractivity contribution is 5.62. The topological polar surface area (TPSA) is 55.2 Å². The maximum atomic E-state index is 13.4. The van der Waals surface area contributed by atoms with Crippen LogP contribution in [0.3, 0.4) is 0 Å². The molecule has 0 unspecified atom stereocenters. The van der Waals surface area contributed by atoms with Crippen LogP contribution in [0.4, 0.5) is 20.2 Å². The molecule has 1 aromatic carbocycles. The molecule has 1 N–H and O–H groups in total. The average molecular weight is 270 g/mol. The lowest BCUT2D eigenvalue weighted by Crippen LogP contribution is -2.16. The molecular formula is C13H16F2N2O2. The van der Waals surface area contributed by atoms with Crippen LogP contribution in [0, 0.1) is 27.2 Å². The van der Waals surface area contributed by atoms with Crippen LogP contribution in [-0.4, -0.2) is 11.5 Å². The van der Waals surface area contributed by atoms with E-state index in [4.69, 9.17) is 0 Å². The van der Waals surface area contributed by atoms with Gasteiger partial charge >= 0.3 is 5.69 Å². The van der Waals surface area contributed by atoms with E-state index in [0.717, 1.165) is 31.7 Å². The third-order valence-corrected chi connectivity index (χ3v) is 3.60. The summed E-state index contributed by atoms with van der Waals surface area (Å²) in [6.07, 6.45) is 4.16. The lowest BCUT2D eigenvalue weighted by atomic mass is 10.0. The Balaban J connectivity index is 2.17. The van der Waals surface area contributed by atoms with Gasteiger partial charge in [0.05, 0.1) is 4.92 Å². The number of nitro groups is 1. The van der Waals surface area contributed by atoms with Crippen LogP contribution in [0.5, 0.6) is 0 Å². The van der Waals surface area contributed by atoms with Crippen LogP contribution < -0.4 is 5.32 Å². The molecule has 0 bridgehead atoms. The van der Waals surface area contributed by atoms with E-state index in [-0.39, 0.29) is 11.1 Å². The van der Waals surface area contributed by atoms with Crippen molar-refractivity contribution in [1.82, 2.24) is 0 Å². The van der Waals surface area contributed by atoms with Gasteiger partial charge in [-0.3, -0.25) is 10.1 Å². The largest absolute Gasteiger partial charge is 0.379 e. The summed E-state index contributed by atoms with van der Waals surface area (Å²) in [7, 11) is 0. The van der Waals surface area contributed by atoms with Gasteiger partial charge in [0.15, 0.2) is 0 Å². The van der Waals surface area contributed by atoms with Crippen molar-refractivity contribution in [2.75, 3.05) is 11.9 Å². The van der Waals surface area contributed by atoms with Gasteiger partial charge in [0.2, 0.25) is 5.82 Å². The van der Waals surface area contributed by atoms with Crippen LogP contribution in [0.15, 0.2) is 12.1 Å². The maximum absolute atomic E-state index is 13.4. The fourth-order valence-electron chi connectivity index (χ4n) is 2.39. The smallest absolute Gasteiger partial charge is 0.327 e. The molecule has 0 radical (unpaired) electrons. The Bertz CT molecular complexity index is 502. The van der Waals surface area contributed by atoms with Gasteiger partial charge in [-0.2, -0.15) is 4.39 Å². The van der Waals surface area contributed by atoms with E-state index >= 15 is 0 Å². The summed E-state index contributed by atoms with van der Waals surface area (Å²) in [6, 6.07) is 1.51. The summed E-state index contributed by atoms with van der Waals surface area (Å²) in [4.78, 5) is 10.00. The molecule has 104 valence electrons. The molecule has 2 rings (SSSR count). The number of hydrogen-bond donors (Lipinski definition) is 1. The first kappa shape index (κ1) is 13.7. The van der Waals surface area contributed by atoms with E-state index in [9.17, 15) is 18.9 Å². The minimum atomic E-state index is -1.15. The first-order valence-corrected chi connectivity index (χ1v) is 6.35. The fourth-order valence-corrected chi connectivity index (χ4v) is 2.39. The minimum absolute atomic E-state index is 0.0788. The Morgan fingerprint density at radius 3 is 2.63 bits per heavy atom. The zero-order chi connectivity index (χ0) is 14.0. The predicted molar refractivity (Wildman–Crippen MR) is 68.1 cm³/mol. The summed E-state index contributed by atoms with van der Waals surface area (Å²) in [5.74, 6) is -1.96. The number of nitrogens with zero attached hydrogens (tertiary/aromatic N) is 1. The third kappa shape index (κ3) is 3.00. The zero-order valence-corrected chi connectivity index (χ0v) is 10.7. The molecule has 0 saturated heterocycles. The Labute approximate surface area is 110 Å². The minimum Gasteiger partial charge on any atom is -0.379 e. The molecule has 19 heavy (non-hydrogen) atoms. The van der Waals surface area contributed by atoms with Crippen LogP contribution in [-0.2, 0) is 0 Å². The van der Waals surface area contributed by atoms with E-state index in [1.165, 1.54) is 0 Å². The Kier molecular flexibility index (Phi) is 3.68. The third-order valence-electron chi connectivity index (χ3n) is 3.60. The van der Waals surface area contributed by atoms with E-state index in [1.807, 2.05) is 0 Å². The standard InChI is InChI=1S/C13H16F2N2O2/c1-2-3-13(4-5-13)8-16-11-7-9(14)6-10(15)12(11)17(18)19/h6-7,16H,2-5,8H2,1H3. The second-order valence-electron chi connectivity index (χ2n) is 5.14. The average Bonchev–Trinajstić information content (AvgIpc) is 3.06. The summed E-state index contributed by atoms with van der Waals surface area (Å²) >= 11 is 0. The zero-order valence-electron chi connectivity index (χ0n) is 10.7. The summed E-state index contributed by atoms with van der Waals surface area (Å²) in [5, 5.41) is 13.7. The number of benzene rings is 1. The lowest BCUT2D eigenvalue weighted by molar-refractivity contribution is -0.386. The van der Waals surface area contributed by atoms with Crippen LogP contribution in [0.2, 0.25) is 0 Å². The quantitative estimate of drug-likeness (QED) is 0.630.